The Kier molecular flexibility index (Phi) is 6.35. The Balaban J connectivity index is 1.23. The van der Waals surface area contributed by atoms with E-state index in [2.05, 4.69) is 36.4 Å². The molecular weight excluding hydrogens is 578 g/mol. The fourth-order valence-electron chi connectivity index (χ4n) is 6.26. The van der Waals surface area contributed by atoms with Crippen LogP contribution in [0.1, 0.15) is 0 Å². The number of benzene rings is 6. The Morgan fingerprint density at radius 3 is 1.51 bits per heavy atom. The van der Waals surface area contributed by atoms with E-state index >= 15 is 0 Å². The second-order valence-electron chi connectivity index (χ2n) is 11.3. The summed E-state index contributed by atoms with van der Waals surface area (Å²) in [6.07, 6.45) is 0. The zero-order chi connectivity index (χ0) is 31.2. The topological polar surface area (TPSA) is 77.6 Å². The van der Waals surface area contributed by atoms with Crippen LogP contribution in [0.25, 0.3) is 89.4 Å². The van der Waals surface area contributed by atoms with Gasteiger partial charge in [-0.05, 0) is 35.0 Å². The molecule has 0 aliphatic carbocycles. The smallest absolute Gasteiger partial charge is 0.164 e. The monoisotopic (exact) mass is 603 g/mol. The highest BCUT2D eigenvalue weighted by atomic mass is 16.3. The Labute approximate surface area is 270 Å². The fourth-order valence-corrected chi connectivity index (χ4v) is 6.26. The molecule has 3 heterocycles. The highest BCUT2D eigenvalue weighted by molar-refractivity contribution is 6.17. The Morgan fingerprint density at radius 2 is 0.851 bits per heavy atom. The number of hydrogen-bond donors (Lipinski definition) is 0. The number of aromatic nitrogens is 5. The molecule has 6 nitrogen and oxygen atoms in total. The van der Waals surface area contributed by atoms with Crippen LogP contribution >= 0.6 is 0 Å². The molecular formula is C41H25N5O. The van der Waals surface area contributed by atoms with Crippen LogP contribution in [0, 0.1) is 0 Å². The average Bonchev–Trinajstić information content (AvgIpc) is 3.55. The van der Waals surface area contributed by atoms with Gasteiger partial charge in [0.05, 0.1) is 11.4 Å². The minimum Gasteiger partial charge on any atom is -0.456 e. The van der Waals surface area contributed by atoms with Gasteiger partial charge in [0, 0.05) is 38.6 Å². The highest BCUT2D eigenvalue weighted by Gasteiger charge is 2.20. The van der Waals surface area contributed by atoms with Gasteiger partial charge in [-0.15, -0.1) is 10.2 Å². The molecule has 0 unspecified atom stereocenters. The molecule has 0 bridgehead atoms. The lowest BCUT2D eigenvalue weighted by Crippen LogP contribution is -2.00. The van der Waals surface area contributed by atoms with Gasteiger partial charge in [-0.25, -0.2) is 15.0 Å². The van der Waals surface area contributed by atoms with Crippen molar-refractivity contribution in [1.82, 2.24) is 25.1 Å². The maximum atomic E-state index is 6.43. The molecule has 0 fully saturated rings. The highest BCUT2D eigenvalue weighted by Crippen LogP contribution is 2.41. The van der Waals surface area contributed by atoms with Gasteiger partial charge < -0.3 is 4.42 Å². The molecule has 9 aromatic rings. The van der Waals surface area contributed by atoms with Gasteiger partial charge >= 0.3 is 0 Å². The van der Waals surface area contributed by atoms with Gasteiger partial charge in [0.15, 0.2) is 17.5 Å². The molecule has 3 aromatic heterocycles. The molecule has 220 valence electrons. The van der Waals surface area contributed by atoms with Crippen molar-refractivity contribution < 1.29 is 4.42 Å². The molecule has 6 aromatic carbocycles. The largest absolute Gasteiger partial charge is 0.456 e. The van der Waals surface area contributed by atoms with Crippen molar-refractivity contribution in [2.75, 3.05) is 0 Å². The molecule has 0 saturated heterocycles. The number of rotatable bonds is 5. The maximum Gasteiger partial charge on any atom is 0.164 e. The van der Waals surface area contributed by atoms with Crippen LogP contribution in [0.3, 0.4) is 0 Å². The molecule has 0 radical (unpaired) electrons. The quantitative estimate of drug-likeness (QED) is 0.195. The van der Waals surface area contributed by atoms with Gasteiger partial charge in [0.1, 0.15) is 11.2 Å². The molecule has 0 aliphatic rings. The number of hydrogen-bond acceptors (Lipinski definition) is 6. The summed E-state index contributed by atoms with van der Waals surface area (Å²) in [4.78, 5) is 14.9. The van der Waals surface area contributed by atoms with Crippen LogP contribution in [0.2, 0.25) is 0 Å². The van der Waals surface area contributed by atoms with E-state index in [1.807, 2.05) is 115 Å². The molecule has 0 aliphatic heterocycles. The van der Waals surface area contributed by atoms with E-state index in [0.29, 0.717) is 17.5 Å². The third kappa shape index (κ3) is 4.71. The van der Waals surface area contributed by atoms with E-state index in [0.717, 1.165) is 66.5 Å². The molecule has 6 heteroatoms. The second kappa shape index (κ2) is 11.1. The van der Waals surface area contributed by atoms with Crippen LogP contribution in [0.4, 0.5) is 0 Å². The first-order valence-corrected chi connectivity index (χ1v) is 15.4. The fraction of sp³-hybridized carbons (Fsp3) is 0. The predicted molar refractivity (Wildman–Crippen MR) is 187 cm³/mol. The van der Waals surface area contributed by atoms with Gasteiger partial charge in [0.25, 0.3) is 0 Å². The molecule has 0 N–H and O–H groups in total. The first-order valence-electron chi connectivity index (χ1n) is 15.4. The summed E-state index contributed by atoms with van der Waals surface area (Å²) in [5.74, 6) is 1.78. The van der Waals surface area contributed by atoms with Crippen molar-refractivity contribution in [2.24, 2.45) is 0 Å². The summed E-state index contributed by atoms with van der Waals surface area (Å²) >= 11 is 0. The van der Waals surface area contributed by atoms with E-state index in [1.54, 1.807) is 0 Å². The van der Waals surface area contributed by atoms with Gasteiger partial charge in [-0.3, -0.25) is 0 Å². The molecule has 0 amide bonds. The van der Waals surface area contributed by atoms with Crippen molar-refractivity contribution in [3.8, 4) is 56.7 Å². The third-order valence-corrected chi connectivity index (χ3v) is 8.47. The summed E-state index contributed by atoms with van der Waals surface area (Å²) < 4.78 is 6.43. The summed E-state index contributed by atoms with van der Waals surface area (Å²) in [6.45, 7) is 0. The standard InChI is InChI=1S/C41H25N5O/c1-3-13-27(14-4-1)39-42-40(28-15-5-2-6-16-28)44-41(43-39)32-21-11-23-36-38(32)37-31(20-10-22-35(37)47-36)34-25-24-33(45-46-34)30-19-9-17-26-12-7-8-18-29(26)30/h1-25H. The van der Waals surface area contributed by atoms with Gasteiger partial charge in [0.2, 0.25) is 0 Å². The van der Waals surface area contributed by atoms with Crippen LogP contribution in [-0.2, 0) is 0 Å². The number of nitrogens with zero attached hydrogens (tertiary/aromatic N) is 5. The van der Waals surface area contributed by atoms with Crippen molar-refractivity contribution >= 4 is 32.7 Å². The van der Waals surface area contributed by atoms with Gasteiger partial charge in [-0.1, -0.05) is 127 Å². The Bertz CT molecular complexity index is 2500. The third-order valence-electron chi connectivity index (χ3n) is 8.47. The lowest BCUT2D eigenvalue weighted by Gasteiger charge is -2.10. The molecule has 47 heavy (non-hydrogen) atoms. The van der Waals surface area contributed by atoms with E-state index in [-0.39, 0.29) is 0 Å². The Hall–Kier alpha value is -6.53. The normalized spacial score (nSPS) is 11.4. The first-order chi connectivity index (χ1) is 23.3. The number of fused-ring (bicyclic) bond motifs is 4. The summed E-state index contributed by atoms with van der Waals surface area (Å²) in [5.41, 5.74) is 7.73. The van der Waals surface area contributed by atoms with Crippen LogP contribution < -0.4 is 0 Å². The van der Waals surface area contributed by atoms with E-state index in [9.17, 15) is 0 Å². The Morgan fingerprint density at radius 1 is 0.362 bits per heavy atom. The van der Waals surface area contributed by atoms with Crippen molar-refractivity contribution in [3.63, 3.8) is 0 Å². The van der Waals surface area contributed by atoms with E-state index in [4.69, 9.17) is 29.6 Å². The van der Waals surface area contributed by atoms with Gasteiger partial charge in [-0.2, -0.15) is 0 Å². The van der Waals surface area contributed by atoms with Crippen LogP contribution in [0.5, 0.6) is 0 Å². The first kappa shape index (κ1) is 26.8. The molecule has 0 atom stereocenters. The van der Waals surface area contributed by atoms with E-state index in [1.165, 1.54) is 5.39 Å². The lowest BCUT2D eigenvalue weighted by atomic mass is 9.99. The molecule has 0 saturated carbocycles. The van der Waals surface area contributed by atoms with Crippen molar-refractivity contribution in [1.29, 1.82) is 0 Å². The van der Waals surface area contributed by atoms with Crippen LogP contribution in [0.15, 0.2) is 156 Å². The lowest BCUT2D eigenvalue weighted by molar-refractivity contribution is 0.669. The minimum absolute atomic E-state index is 0.568. The van der Waals surface area contributed by atoms with Crippen molar-refractivity contribution in [3.05, 3.63) is 152 Å². The zero-order valence-corrected chi connectivity index (χ0v) is 25.1. The zero-order valence-electron chi connectivity index (χ0n) is 25.1. The van der Waals surface area contributed by atoms with Crippen LogP contribution in [-0.4, -0.2) is 25.1 Å². The minimum atomic E-state index is 0.568. The average molecular weight is 604 g/mol. The molecule has 9 rings (SSSR count). The predicted octanol–water partition coefficient (Wildman–Crippen LogP) is 10.0. The summed E-state index contributed by atoms with van der Waals surface area (Å²) in [5, 5.41) is 13.6. The molecule has 0 spiro atoms. The number of furan rings is 1. The summed E-state index contributed by atoms with van der Waals surface area (Å²) in [7, 11) is 0. The second-order valence-corrected chi connectivity index (χ2v) is 11.3. The summed E-state index contributed by atoms with van der Waals surface area (Å²) in [6, 6.07) is 50.7. The maximum absolute atomic E-state index is 6.43. The SMILES string of the molecule is c1ccc(-c2nc(-c3ccccc3)nc(-c3cccc4oc5cccc(-c6ccc(-c7cccc8ccccc78)nn6)c5c34)n2)cc1. The van der Waals surface area contributed by atoms with E-state index < -0.39 is 0 Å². The van der Waals surface area contributed by atoms with Crippen molar-refractivity contribution in [2.45, 2.75) is 0 Å².